The summed E-state index contributed by atoms with van der Waals surface area (Å²) in [4.78, 5) is 5.27. The van der Waals surface area contributed by atoms with Crippen LogP contribution in [0.3, 0.4) is 0 Å². The Morgan fingerprint density at radius 1 is 1.24 bits per heavy atom. The van der Waals surface area contributed by atoms with Crippen molar-refractivity contribution in [3.63, 3.8) is 0 Å². The molecule has 0 bridgehead atoms. The summed E-state index contributed by atoms with van der Waals surface area (Å²) in [5, 5.41) is 13.2. The average Bonchev–Trinajstić information content (AvgIpc) is 3.10. The number of nitrogens with two attached hydrogens (primary N) is 1. The van der Waals surface area contributed by atoms with Crippen LogP contribution in [0.15, 0.2) is 44.7 Å². The Morgan fingerprint density at radius 3 is 2.67 bits per heavy atom. The van der Waals surface area contributed by atoms with E-state index in [0.717, 1.165) is 14.2 Å². The number of phenols is 1. The van der Waals surface area contributed by atoms with Gasteiger partial charge in [0.25, 0.3) is 0 Å². The van der Waals surface area contributed by atoms with Crippen molar-refractivity contribution in [3.05, 3.63) is 51.6 Å². The van der Waals surface area contributed by atoms with E-state index in [0.29, 0.717) is 18.1 Å². The third-order valence-electron chi connectivity index (χ3n) is 2.94. The molecule has 3 aromatic rings. The standard InChI is InChI=1S/C14H12BrN3O2S/c15-12-6-5-11(21-12)13-17-14(20-18-13)10(16)7-8-1-3-9(19)4-2-8/h1-6,10,19H,7,16H2/t10-/m0/s1. The minimum Gasteiger partial charge on any atom is -0.508 e. The molecule has 0 spiro atoms. The van der Waals surface area contributed by atoms with Crippen LogP contribution >= 0.6 is 27.3 Å². The lowest BCUT2D eigenvalue weighted by molar-refractivity contribution is 0.354. The Hall–Kier alpha value is -1.70. The predicted molar refractivity (Wildman–Crippen MR) is 84.1 cm³/mol. The fourth-order valence-electron chi connectivity index (χ4n) is 1.89. The van der Waals surface area contributed by atoms with Crippen LogP contribution in [0.1, 0.15) is 17.5 Å². The molecular formula is C14H12BrN3O2S. The lowest BCUT2D eigenvalue weighted by Gasteiger charge is -2.06. The molecule has 7 heteroatoms. The van der Waals surface area contributed by atoms with Gasteiger partial charge in [-0.15, -0.1) is 11.3 Å². The van der Waals surface area contributed by atoms with Gasteiger partial charge in [-0.05, 0) is 52.2 Å². The fraction of sp³-hybridized carbons (Fsp3) is 0.143. The van der Waals surface area contributed by atoms with E-state index in [4.69, 9.17) is 10.3 Å². The molecule has 0 saturated heterocycles. The number of aromatic nitrogens is 2. The maximum atomic E-state index is 9.26. The van der Waals surface area contributed by atoms with E-state index in [1.54, 1.807) is 12.1 Å². The minimum absolute atomic E-state index is 0.232. The number of phenolic OH excluding ortho intramolecular Hbond substituents is 1. The average molecular weight is 366 g/mol. The molecule has 5 nitrogen and oxygen atoms in total. The second-order valence-corrected chi connectivity index (χ2v) is 7.00. The zero-order chi connectivity index (χ0) is 14.8. The van der Waals surface area contributed by atoms with E-state index in [1.807, 2.05) is 24.3 Å². The molecule has 0 saturated carbocycles. The van der Waals surface area contributed by atoms with Gasteiger partial charge >= 0.3 is 0 Å². The second-order valence-electron chi connectivity index (χ2n) is 4.54. The molecule has 2 aromatic heterocycles. The Balaban J connectivity index is 1.74. The summed E-state index contributed by atoms with van der Waals surface area (Å²) in [7, 11) is 0. The first-order valence-electron chi connectivity index (χ1n) is 6.24. The summed E-state index contributed by atoms with van der Waals surface area (Å²) in [6.45, 7) is 0. The third-order valence-corrected chi connectivity index (χ3v) is 4.56. The molecule has 0 aliphatic rings. The first kappa shape index (κ1) is 14.2. The predicted octanol–water partition coefficient (Wildman–Crippen LogP) is 3.51. The lowest BCUT2D eigenvalue weighted by Crippen LogP contribution is -2.13. The molecule has 1 aromatic carbocycles. The fourth-order valence-corrected chi connectivity index (χ4v) is 3.21. The molecule has 0 unspecified atom stereocenters. The number of halogens is 1. The molecule has 108 valence electrons. The molecule has 0 fully saturated rings. The van der Waals surface area contributed by atoms with Gasteiger partial charge in [-0.2, -0.15) is 4.98 Å². The molecule has 3 N–H and O–H groups in total. The second kappa shape index (κ2) is 5.97. The Bertz CT molecular complexity index is 739. The van der Waals surface area contributed by atoms with Crippen LogP contribution < -0.4 is 5.73 Å². The van der Waals surface area contributed by atoms with Gasteiger partial charge in [-0.1, -0.05) is 17.3 Å². The van der Waals surface area contributed by atoms with Crippen LogP contribution in [0.4, 0.5) is 0 Å². The van der Waals surface area contributed by atoms with Gasteiger partial charge < -0.3 is 15.4 Å². The summed E-state index contributed by atoms with van der Waals surface area (Å²) in [6.07, 6.45) is 0.566. The van der Waals surface area contributed by atoms with E-state index in [1.165, 1.54) is 11.3 Å². The molecule has 0 radical (unpaired) electrons. The number of aromatic hydroxyl groups is 1. The number of thiophene rings is 1. The Labute approximate surface area is 133 Å². The summed E-state index contributed by atoms with van der Waals surface area (Å²) in [5.41, 5.74) is 7.10. The highest BCUT2D eigenvalue weighted by molar-refractivity contribution is 9.11. The van der Waals surface area contributed by atoms with Crippen LogP contribution in [0.5, 0.6) is 5.75 Å². The normalized spacial score (nSPS) is 12.5. The van der Waals surface area contributed by atoms with Crippen molar-refractivity contribution >= 4 is 27.3 Å². The Kier molecular flexibility index (Phi) is 4.05. The first-order valence-corrected chi connectivity index (χ1v) is 7.85. The van der Waals surface area contributed by atoms with Crippen LogP contribution in [-0.4, -0.2) is 15.2 Å². The van der Waals surface area contributed by atoms with Crippen molar-refractivity contribution in [1.29, 1.82) is 0 Å². The molecule has 3 rings (SSSR count). The van der Waals surface area contributed by atoms with Gasteiger partial charge in [0.1, 0.15) is 5.75 Å². The van der Waals surface area contributed by atoms with E-state index >= 15 is 0 Å². The maximum Gasteiger partial charge on any atom is 0.244 e. The summed E-state index contributed by atoms with van der Waals surface area (Å²) >= 11 is 4.94. The van der Waals surface area contributed by atoms with E-state index in [9.17, 15) is 5.11 Å². The zero-order valence-electron chi connectivity index (χ0n) is 10.9. The molecule has 0 aliphatic heterocycles. The van der Waals surface area contributed by atoms with Crippen molar-refractivity contribution < 1.29 is 9.63 Å². The highest BCUT2D eigenvalue weighted by Gasteiger charge is 2.17. The molecule has 1 atom stereocenters. The van der Waals surface area contributed by atoms with Crippen molar-refractivity contribution in [3.8, 4) is 16.5 Å². The summed E-state index contributed by atoms with van der Waals surface area (Å²) < 4.78 is 6.25. The Morgan fingerprint density at radius 2 is 2.00 bits per heavy atom. The first-order chi connectivity index (χ1) is 10.1. The van der Waals surface area contributed by atoms with E-state index < -0.39 is 0 Å². The highest BCUT2D eigenvalue weighted by Crippen LogP contribution is 2.30. The van der Waals surface area contributed by atoms with Gasteiger partial charge in [0.2, 0.25) is 11.7 Å². The molecule has 0 amide bonds. The number of hydrogen-bond acceptors (Lipinski definition) is 6. The smallest absolute Gasteiger partial charge is 0.244 e. The summed E-state index contributed by atoms with van der Waals surface area (Å²) in [6, 6.07) is 10.4. The van der Waals surface area contributed by atoms with Gasteiger partial charge in [-0.25, -0.2) is 0 Å². The van der Waals surface area contributed by atoms with Crippen molar-refractivity contribution in [2.24, 2.45) is 5.73 Å². The zero-order valence-corrected chi connectivity index (χ0v) is 13.3. The lowest BCUT2D eigenvalue weighted by atomic mass is 10.1. The monoisotopic (exact) mass is 365 g/mol. The van der Waals surface area contributed by atoms with Crippen LogP contribution in [0, 0.1) is 0 Å². The van der Waals surface area contributed by atoms with E-state index in [-0.39, 0.29) is 11.8 Å². The van der Waals surface area contributed by atoms with Crippen molar-refractivity contribution in [2.45, 2.75) is 12.5 Å². The SMILES string of the molecule is N[C@@H](Cc1ccc(O)cc1)c1nc(-c2ccc(Br)s2)no1. The van der Waals surface area contributed by atoms with Crippen molar-refractivity contribution in [2.75, 3.05) is 0 Å². The maximum absolute atomic E-state index is 9.26. The quantitative estimate of drug-likeness (QED) is 0.738. The van der Waals surface area contributed by atoms with Gasteiger partial charge in [0, 0.05) is 0 Å². The number of rotatable bonds is 4. The van der Waals surface area contributed by atoms with Crippen LogP contribution in [0.25, 0.3) is 10.7 Å². The molecule has 2 heterocycles. The number of nitrogens with zero attached hydrogens (tertiary/aromatic N) is 2. The largest absolute Gasteiger partial charge is 0.508 e. The number of hydrogen-bond donors (Lipinski definition) is 2. The van der Waals surface area contributed by atoms with E-state index in [2.05, 4.69) is 26.1 Å². The molecular weight excluding hydrogens is 354 g/mol. The van der Waals surface area contributed by atoms with Gasteiger partial charge in [-0.3, -0.25) is 0 Å². The highest BCUT2D eigenvalue weighted by atomic mass is 79.9. The van der Waals surface area contributed by atoms with Gasteiger partial charge in [0.15, 0.2) is 0 Å². The van der Waals surface area contributed by atoms with Crippen molar-refractivity contribution in [1.82, 2.24) is 10.1 Å². The topological polar surface area (TPSA) is 85.2 Å². The number of benzene rings is 1. The molecule has 0 aliphatic carbocycles. The van der Waals surface area contributed by atoms with Crippen LogP contribution in [-0.2, 0) is 6.42 Å². The third kappa shape index (κ3) is 3.31. The van der Waals surface area contributed by atoms with Crippen LogP contribution in [0.2, 0.25) is 0 Å². The minimum atomic E-state index is -0.376. The summed E-state index contributed by atoms with van der Waals surface area (Å²) in [5.74, 6) is 1.18. The van der Waals surface area contributed by atoms with Gasteiger partial charge in [0.05, 0.1) is 14.7 Å². The molecule has 21 heavy (non-hydrogen) atoms.